The zero-order valence-electron chi connectivity index (χ0n) is 11.0. The molecule has 1 heterocycles. The maximum Gasteiger partial charge on any atom is 0.228 e. The van der Waals surface area contributed by atoms with E-state index in [1.807, 2.05) is 30.3 Å². The first kappa shape index (κ1) is 13.6. The number of benzodiazepines with no additional fused rings is 1. The summed E-state index contributed by atoms with van der Waals surface area (Å²) in [5.41, 5.74) is 1.95. The summed E-state index contributed by atoms with van der Waals surface area (Å²) in [5, 5.41) is 31.4. The molecule has 106 valence electrons. The minimum atomic E-state index is -0.243. The molecular weight excluding hydrogens is 290 g/mol. The molecule has 0 unspecified atom stereocenters. The number of anilines is 1. The molecule has 0 atom stereocenters. The summed E-state index contributed by atoms with van der Waals surface area (Å²) in [6.07, 6.45) is 0. The van der Waals surface area contributed by atoms with E-state index in [1.54, 1.807) is 18.2 Å². The van der Waals surface area contributed by atoms with E-state index in [0.717, 1.165) is 0 Å². The van der Waals surface area contributed by atoms with Crippen LogP contribution in [0.5, 0.6) is 0 Å². The Bertz CT molecular complexity index is 744. The molecule has 3 rings (SSSR count). The van der Waals surface area contributed by atoms with Gasteiger partial charge >= 0.3 is 0 Å². The monoisotopic (exact) mass is 301 g/mol. The van der Waals surface area contributed by atoms with Gasteiger partial charge in [0, 0.05) is 10.6 Å². The van der Waals surface area contributed by atoms with Crippen LogP contribution in [0.2, 0.25) is 5.02 Å². The molecule has 2 aromatic carbocycles. The standard InChI is InChI=1S/C15H12ClN3O2/c16-11-6-7-13-12(8-11)15(10-4-2-1-3-5-10)18(20)9-14(17)19(13)21/h1-8,17,21H,9H2. The first-order valence-electron chi connectivity index (χ1n) is 6.31. The van der Waals surface area contributed by atoms with Crippen LogP contribution in [-0.2, 0) is 0 Å². The van der Waals surface area contributed by atoms with Crippen LogP contribution >= 0.6 is 11.6 Å². The Kier molecular flexibility index (Phi) is 3.37. The highest BCUT2D eigenvalue weighted by Gasteiger charge is 2.29. The molecule has 6 heteroatoms. The van der Waals surface area contributed by atoms with E-state index in [9.17, 15) is 10.4 Å². The van der Waals surface area contributed by atoms with E-state index >= 15 is 0 Å². The molecule has 0 amide bonds. The molecule has 2 aromatic rings. The van der Waals surface area contributed by atoms with Crippen LogP contribution in [0.4, 0.5) is 5.69 Å². The third kappa shape index (κ3) is 2.37. The second-order valence-electron chi connectivity index (χ2n) is 4.67. The Morgan fingerprint density at radius 1 is 1.19 bits per heavy atom. The lowest BCUT2D eigenvalue weighted by Gasteiger charge is -2.15. The summed E-state index contributed by atoms with van der Waals surface area (Å²) in [4.78, 5) is 0. The molecule has 0 saturated heterocycles. The molecule has 1 aliphatic heterocycles. The Labute approximate surface area is 126 Å². The summed E-state index contributed by atoms with van der Waals surface area (Å²) < 4.78 is 0.697. The summed E-state index contributed by atoms with van der Waals surface area (Å²) >= 11 is 6.03. The van der Waals surface area contributed by atoms with Gasteiger partial charge in [-0.2, -0.15) is 4.74 Å². The largest absolute Gasteiger partial charge is 0.623 e. The zero-order valence-corrected chi connectivity index (χ0v) is 11.7. The van der Waals surface area contributed by atoms with Crippen molar-refractivity contribution in [2.75, 3.05) is 11.6 Å². The van der Waals surface area contributed by atoms with Gasteiger partial charge in [-0.15, -0.1) is 0 Å². The third-order valence-electron chi connectivity index (χ3n) is 3.29. The number of amidine groups is 1. The van der Waals surface area contributed by atoms with Crippen molar-refractivity contribution in [3.8, 4) is 0 Å². The van der Waals surface area contributed by atoms with Gasteiger partial charge in [0.15, 0.2) is 5.84 Å². The van der Waals surface area contributed by atoms with Crippen molar-refractivity contribution in [3.63, 3.8) is 0 Å². The van der Waals surface area contributed by atoms with Crippen molar-refractivity contribution in [1.82, 2.24) is 0 Å². The third-order valence-corrected chi connectivity index (χ3v) is 3.52. The molecule has 0 aromatic heterocycles. The topological polar surface area (TPSA) is 73.4 Å². The molecule has 0 radical (unpaired) electrons. The van der Waals surface area contributed by atoms with Crippen molar-refractivity contribution in [2.24, 2.45) is 0 Å². The van der Waals surface area contributed by atoms with Crippen LogP contribution < -0.4 is 5.06 Å². The van der Waals surface area contributed by atoms with Crippen molar-refractivity contribution in [2.45, 2.75) is 0 Å². The van der Waals surface area contributed by atoms with E-state index in [2.05, 4.69) is 0 Å². The number of benzene rings is 2. The Balaban J connectivity index is 2.31. The highest BCUT2D eigenvalue weighted by Crippen LogP contribution is 2.28. The number of hydrogen-bond donors (Lipinski definition) is 2. The quantitative estimate of drug-likeness (QED) is 0.628. The van der Waals surface area contributed by atoms with Gasteiger partial charge in [0.05, 0.1) is 11.3 Å². The maximum absolute atomic E-state index is 12.4. The molecule has 5 nitrogen and oxygen atoms in total. The predicted octanol–water partition coefficient (Wildman–Crippen LogP) is 2.87. The van der Waals surface area contributed by atoms with Crippen molar-refractivity contribution in [1.29, 1.82) is 5.41 Å². The lowest BCUT2D eigenvalue weighted by molar-refractivity contribution is -0.439. The van der Waals surface area contributed by atoms with Gasteiger partial charge in [0.2, 0.25) is 12.3 Å². The van der Waals surface area contributed by atoms with E-state index in [4.69, 9.17) is 17.0 Å². The number of rotatable bonds is 1. The highest BCUT2D eigenvalue weighted by atomic mass is 35.5. The molecule has 0 bridgehead atoms. The van der Waals surface area contributed by atoms with Crippen LogP contribution in [0.15, 0.2) is 48.5 Å². The van der Waals surface area contributed by atoms with Gasteiger partial charge in [-0.1, -0.05) is 29.8 Å². The van der Waals surface area contributed by atoms with Gasteiger partial charge in [-0.05, 0) is 30.3 Å². The lowest BCUT2D eigenvalue weighted by atomic mass is 10.0. The summed E-state index contributed by atoms with van der Waals surface area (Å²) in [6.45, 7) is -0.243. The fourth-order valence-corrected chi connectivity index (χ4v) is 2.51. The Morgan fingerprint density at radius 2 is 1.90 bits per heavy atom. The number of nitrogens with one attached hydrogen (secondary N) is 1. The van der Waals surface area contributed by atoms with Gasteiger partial charge in [0.1, 0.15) is 0 Å². The van der Waals surface area contributed by atoms with Gasteiger partial charge < -0.3 is 5.21 Å². The van der Waals surface area contributed by atoms with E-state index < -0.39 is 0 Å². The molecule has 0 fully saturated rings. The van der Waals surface area contributed by atoms with E-state index in [0.29, 0.717) is 37.4 Å². The average molecular weight is 302 g/mol. The minimum absolute atomic E-state index is 0.195. The SMILES string of the molecule is N=C1C[N+]([O-])=C(c2ccccc2)c2cc(Cl)ccc2N1O. The minimum Gasteiger partial charge on any atom is -0.623 e. The van der Waals surface area contributed by atoms with Gasteiger partial charge in [-0.25, -0.2) is 5.06 Å². The van der Waals surface area contributed by atoms with Gasteiger partial charge in [0.25, 0.3) is 0 Å². The Morgan fingerprint density at radius 3 is 2.62 bits per heavy atom. The number of halogens is 1. The molecule has 0 aliphatic carbocycles. The lowest BCUT2D eigenvalue weighted by Crippen LogP contribution is -2.31. The maximum atomic E-state index is 12.4. The fourth-order valence-electron chi connectivity index (χ4n) is 2.34. The smallest absolute Gasteiger partial charge is 0.228 e. The van der Waals surface area contributed by atoms with Crippen LogP contribution in [0.1, 0.15) is 11.1 Å². The first-order chi connectivity index (χ1) is 10.1. The van der Waals surface area contributed by atoms with Crippen LogP contribution in [0.3, 0.4) is 0 Å². The van der Waals surface area contributed by atoms with Crippen LogP contribution in [0.25, 0.3) is 0 Å². The molecule has 0 saturated carbocycles. The number of nitrogens with zero attached hydrogens (tertiary/aromatic N) is 2. The van der Waals surface area contributed by atoms with Crippen molar-refractivity contribution in [3.05, 3.63) is 69.9 Å². The summed E-state index contributed by atoms with van der Waals surface area (Å²) in [6, 6.07) is 13.9. The second kappa shape index (κ2) is 5.20. The van der Waals surface area contributed by atoms with Crippen molar-refractivity contribution < 1.29 is 9.95 Å². The molecule has 21 heavy (non-hydrogen) atoms. The summed E-state index contributed by atoms with van der Waals surface area (Å²) in [7, 11) is 0. The first-order valence-corrected chi connectivity index (χ1v) is 6.69. The average Bonchev–Trinajstić information content (AvgIpc) is 2.56. The second-order valence-corrected chi connectivity index (χ2v) is 5.11. The van der Waals surface area contributed by atoms with Crippen LogP contribution in [0, 0.1) is 10.6 Å². The Hall–Kier alpha value is -2.37. The number of hydroxylamine groups is 2. The number of hydrogen-bond acceptors (Lipinski definition) is 3. The predicted molar refractivity (Wildman–Crippen MR) is 81.6 cm³/mol. The van der Waals surface area contributed by atoms with Gasteiger partial charge in [-0.3, -0.25) is 10.6 Å². The normalized spacial score (nSPS) is 15.0. The van der Waals surface area contributed by atoms with E-state index in [1.165, 1.54) is 0 Å². The fraction of sp³-hybridized carbons (Fsp3) is 0.0667. The zero-order chi connectivity index (χ0) is 15.0. The number of fused-ring (bicyclic) bond motifs is 1. The molecule has 2 N–H and O–H groups in total. The van der Waals surface area contributed by atoms with Crippen molar-refractivity contribution >= 4 is 28.8 Å². The molecular formula is C15H12ClN3O2. The summed E-state index contributed by atoms with van der Waals surface area (Å²) in [5.74, 6) is -0.195. The highest BCUT2D eigenvalue weighted by molar-refractivity contribution is 6.31. The molecule has 0 spiro atoms. The van der Waals surface area contributed by atoms with Crippen LogP contribution in [-0.4, -0.2) is 28.0 Å². The molecule has 1 aliphatic rings. The van der Waals surface area contributed by atoms with E-state index in [-0.39, 0.29) is 12.4 Å².